The lowest BCUT2D eigenvalue weighted by Gasteiger charge is -2.11. The number of hydrogen-bond donors (Lipinski definition) is 2. The van der Waals surface area contributed by atoms with Crippen LogP contribution in [0.2, 0.25) is 0 Å². The molecule has 3 rings (SSSR count). The number of nitrogens with one attached hydrogen (secondary N) is 1. The monoisotopic (exact) mass is 248 g/mol. The van der Waals surface area contributed by atoms with Crippen LogP contribution in [0.3, 0.4) is 0 Å². The van der Waals surface area contributed by atoms with E-state index in [1.165, 1.54) is 6.07 Å². The smallest absolute Gasteiger partial charge is 0.329 e. The van der Waals surface area contributed by atoms with E-state index in [0.29, 0.717) is 25.2 Å². The maximum atomic E-state index is 12.3. The zero-order valence-electron chi connectivity index (χ0n) is 9.55. The number of benzene rings is 1. The molecule has 1 aliphatic heterocycles. The SMILES string of the molecule is O=c1[nH]c2cccc(O)c2c(=O)n1C1CCOC1. The summed E-state index contributed by atoms with van der Waals surface area (Å²) in [5.41, 5.74) is -0.587. The average Bonchev–Trinajstić information content (AvgIpc) is 2.82. The number of nitrogens with zero attached hydrogens (tertiary/aromatic N) is 1. The van der Waals surface area contributed by atoms with Crippen molar-refractivity contribution in [1.82, 2.24) is 9.55 Å². The van der Waals surface area contributed by atoms with E-state index in [1.54, 1.807) is 12.1 Å². The van der Waals surface area contributed by atoms with Crippen LogP contribution >= 0.6 is 0 Å². The fraction of sp³-hybridized carbons (Fsp3) is 0.333. The quantitative estimate of drug-likeness (QED) is 0.763. The zero-order chi connectivity index (χ0) is 12.7. The Bertz CT molecular complexity index is 710. The predicted octanol–water partition coefficient (Wildman–Crippen LogP) is 0.357. The van der Waals surface area contributed by atoms with Gasteiger partial charge in [-0.3, -0.25) is 9.36 Å². The molecule has 2 aromatic rings. The van der Waals surface area contributed by atoms with E-state index in [4.69, 9.17) is 4.74 Å². The molecule has 1 fully saturated rings. The fourth-order valence-electron chi connectivity index (χ4n) is 2.31. The predicted molar refractivity (Wildman–Crippen MR) is 65.0 cm³/mol. The van der Waals surface area contributed by atoms with Gasteiger partial charge < -0.3 is 14.8 Å². The number of hydrogen-bond acceptors (Lipinski definition) is 4. The highest BCUT2D eigenvalue weighted by atomic mass is 16.5. The molecule has 18 heavy (non-hydrogen) atoms. The lowest BCUT2D eigenvalue weighted by Crippen LogP contribution is -2.38. The van der Waals surface area contributed by atoms with Gasteiger partial charge in [-0.1, -0.05) is 6.07 Å². The standard InChI is InChI=1S/C12H12N2O4/c15-9-3-1-2-8-10(9)11(16)14(12(17)13-8)7-4-5-18-6-7/h1-3,7,15H,4-6H2,(H,13,17). The highest BCUT2D eigenvalue weighted by Gasteiger charge is 2.22. The Morgan fingerprint density at radius 3 is 2.94 bits per heavy atom. The number of aromatic nitrogens is 2. The van der Waals surface area contributed by atoms with E-state index in [-0.39, 0.29) is 17.2 Å². The Kier molecular flexibility index (Phi) is 2.45. The van der Waals surface area contributed by atoms with Crippen molar-refractivity contribution in [2.24, 2.45) is 0 Å². The Hall–Kier alpha value is -2.08. The van der Waals surface area contributed by atoms with Crippen LogP contribution in [0.1, 0.15) is 12.5 Å². The van der Waals surface area contributed by atoms with Gasteiger partial charge in [-0.05, 0) is 18.6 Å². The first-order valence-electron chi connectivity index (χ1n) is 5.73. The van der Waals surface area contributed by atoms with Gasteiger partial charge in [0.15, 0.2) is 0 Å². The van der Waals surface area contributed by atoms with Crippen LogP contribution < -0.4 is 11.2 Å². The van der Waals surface area contributed by atoms with Crippen molar-refractivity contribution in [2.45, 2.75) is 12.5 Å². The summed E-state index contributed by atoms with van der Waals surface area (Å²) in [7, 11) is 0. The number of phenolic OH excluding ortho intramolecular Hbond substituents is 1. The van der Waals surface area contributed by atoms with Crippen molar-refractivity contribution in [3.05, 3.63) is 39.0 Å². The molecule has 1 unspecified atom stereocenters. The second kappa shape index (κ2) is 3.99. The Balaban J connectivity index is 2.36. The molecule has 0 spiro atoms. The van der Waals surface area contributed by atoms with Crippen LogP contribution in [0.5, 0.6) is 5.75 Å². The number of aromatic hydroxyl groups is 1. The molecule has 94 valence electrons. The number of aromatic amines is 1. The maximum absolute atomic E-state index is 12.3. The van der Waals surface area contributed by atoms with E-state index >= 15 is 0 Å². The Morgan fingerprint density at radius 2 is 2.22 bits per heavy atom. The third-order valence-corrected chi connectivity index (χ3v) is 3.21. The lowest BCUT2D eigenvalue weighted by atomic mass is 10.2. The van der Waals surface area contributed by atoms with Gasteiger partial charge in [-0.2, -0.15) is 0 Å². The summed E-state index contributed by atoms with van der Waals surface area (Å²) in [6.45, 7) is 0.886. The largest absolute Gasteiger partial charge is 0.507 e. The zero-order valence-corrected chi connectivity index (χ0v) is 9.55. The first kappa shape index (κ1) is 11.0. The van der Waals surface area contributed by atoms with Crippen molar-refractivity contribution in [3.63, 3.8) is 0 Å². The van der Waals surface area contributed by atoms with Gasteiger partial charge in [0.2, 0.25) is 0 Å². The van der Waals surface area contributed by atoms with Gasteiger partial charge in [0, 0.05) is 6.61 Å². The van der Waals surface area contributed by atoms with Gasteiger partial charge in [-0.25, -0.2) is 4.79 Å². The molecule has 2 N–H and O–H groups in total. The number of rotatable bonds is 1. The molecular weight excluding hydrogens is 236 g/mol. The second-order valence-electron chi connectivity index (χ2n) is 4.32. The molecule has 6 heteroatoms. The van der Waals surface area contributed by atoms with Gasteiger partial charge in [-0.15, -0.1) is 0 Å². The van der Waals surface area contributed by atoms with Gasteiger partial charge in [0.1, 0.15) is 11.1 Å². The normalized spacial score (nSPS) is 19.4. The minimum absolute atomic E-state index is 0.124. The molecule has 0 bridgehead atoms. The first-order valence-corrected chi connectivity index (χ1v) is 5.73. The summed E-state index contributed by atoms with van der Waals surface area (Å²) < 4.78 is 6.32. The molecule has 0 radical (unpaired) electrons. The first-order chi connectivity index (χ1) is 8.68. The van der Waals surface area contributed by atoms with Crippen LogP contribution in [-0.4, -0.2) is 27.9 Å². The van der Waals surface area contributed by atoms with Crippen molar-refractivity contribution in [3.8, 4) is 5.75 Å². The van der Waals surface area contributed by atoms with E-state index in [2.05, 4.69) is 4.98 Å². The fourth-order valence-corrected chi connectivity index (χ4v) is 2.31. The Labute approximate surface area is 101 Å². The molecule has 6 nitrogen and oxygen atoms in total. The molecular formula is C12H12N2O4. The molecule has 2 heterocycles. The van der Waals surface area contributed by atoms with E-state index < -0.39 is 11.2 Å². The van der Waals surface area contributed by atoms with Crippen LogP contribution in [0.15, 0.2) is 27.8 Å². The van der Waals surface area contributed by atoms with Crippen molar-refractivity contribution < 1.29 is 9.84 Å². The van der Waals surface area contributed by atoms with E-state index in [0.717, 1.165) is 4.57 Å². The van der Waals surface area contributed by atoms with E-state index in [9.17, 15) is 14.7 Å². The maximum Gasteiger partial charge on any atom is 0.329 e. The second-order valence-corrected chi connectivity index (χ2v) is 4.32. The van der Waals surface area contributed by atoms with Crippen molar-refractivity contribution in [1.29, 1.82) is 0 Å². The minimum atomic E-state index is -0.470. The molecule has 0 saturated carbocycles. The molecule has 0 amide bonds. The summed E-state index contributed by atoms with van der Waals surface area (Å²) >= 11 is 0. The highest BCUT2D eigenvalue weighted by Crippen LogP contribution is 2.20. The number of ether oxygens (including phenoxy) is 1. The summed E-state index contributed by atoms with van der Waals surface area (Å²) in [4.78, 5) is 26.8. The molecule has 1 saturated heterocycles. The van der Waals surface area contributed by atoms with Crippen LogP contribution in [-0.2, 0) is 4.74 Å². The van der Waals surface area contributed by atoms with Crippen molar-refractivity contribution >= 4 is 10.9 Å². The van der Waals surface area contributed by atoms with Crippen LogP contribution in [0.25, 0.3) is 10.9 Å². The summed E-state index contributed by atoms with van der Waals surface area (Å²) in [6.07, 6.45) is 0.627. The molecule has 0 aliphatic carbocycles. The number of H-pyrrole nitrogens is 1. The van der Waals surface area contributed by atoms with Gasteiger partial charge in [0.05, 0.1) is 18.2 Å². The van der Waals surface area contributed by atoms with Gasteiger partial charge in [0.25, 0.3) is 5.56 Å². The lowest BCUT2D eigenvalue weighted by molar-refractivity contribution is 0.185. The molecule has 1 aromatic carbocycles. The minimum Gasteiger partial charge on any atom is -0.507 e. The number of phenols is 1. The van der Waals surface area contributed by atoms with E-state index in [1.807, 2.05) is 0 Å². The van der Waals surface area contributed by atoms with Crippen LogP contribution in [0, 0.1) is 0 Å². The Morgan fingerprint density at radius 1 is 1.39 bits per heavy atom. The third-order valence-electron chi connectivity index (χ3n) is 3.21. The third kappa shape index (κ3) is 1.53. The summed E-state index contributed by atoms with van der Waals surface area (Å²) in [6, 6.07) is 4.34. The highest BCUT2D eigenvalue weighted by molar-refractivity contribution is 5.83. The molecule has 1 aromatic heterocycles. The molecule has 1 aliphatic rings. The molecule has 1 atom stereocenters. The average molecular weight is 248 g/mol. The van der Waals surface area contributed by atoms with Crippen LogP contribution in [0.4, 0.5) is 0 Å². The van der Waals surface area contributed by atoms with Crippen molar-refractivity contribution in [2.75, 3.05) is 13.2 Å². The topological polar surface area (TPSA) is 84.3 Å². The number of fused-ring (bicyclic) bond motifs is 1. The summed E-state index contributed by atoms with van der Waals surface area (Å²) in [5.74, 6) is -0.124. The summed E-state index contributed by atoms with van der Waals surface area (Å²) in [5, 5.41) is 9.89. The van der Waals surface area contributed by atoms with Gasteiger partial charge >= 0.3 is 5.69 Å².